The van der Waals surface area contributed by atoms with E-state index in [1.54, 1.807) is 0 Å². The summed E-state index contributed by atoms with van der Waals surface area (Å²) in [6.45, 7) is 0.784. The van der Waals surface area contributed by atoms with Crippen LogP contribution in [-0.2, 0) is 4.79 Å². The first kappa shape index (κ1) is 14.8. The zero-order valence-corrected chi connectivity index (χ0v) is 12.3. The molecule has 23 heavy (non-hydrogen) atoms. The minimum Gasteiger partial charge on any atom is -0.491 e. The maximum absolute atomic E-state index is 10.2. The quantitative estimate of drug-likeness (QED) is 0.536. The second-order valence-electron chi connectivity index (χ2n) is 4.71. The van der Waals surface area contributed by atoms with Crippen molar-refractivity contribution in [2.24, 2.45) is 0 Å². The number of ether oxygens (including phenoxy) is 1. The van der Waals surface area contributed by atoms with E-state index in [0.29, 0.717) is 42.6 Å². The Balaban J connectivity index is 1.82. The zero-order valence-electron chi connectivity index (χ0n) is 12.3. The van der Waals surface area contributed by atoms with E-state index in [4.69, 9.17) is 9.26 Å². The van der Waals surface area contributed by atoms with E-state index < -0.39 is 0 Å². The molecular formula is C17H15N3O3. The van der Waals surface area contributed by atoms with Crippen LogP contribution in [0.5, 0.6) is 5.75 Å². The molecule has 0 saturated heterocycles. The predicted molar refractivity (Wildman–Crippen MR) is 84.7 cm³/mol. The Bertz CT molecular complexity index is 772. The Morgan fingerprint density at radius 1 is 1.09 bits per heavy atom. The molecular weight excluding hydrogens is 294 g/mol. The van der Waals surface area contributed by atoms with Crippen molar-refractivity contribution in [1.82, 2.24) is 15.5 Å². The predicted octanol–water partition coefficient (Wildman–Crippen LogP) is 2.53. The number of hydrogen-bond donors (Lipinski definition) is 1. The number of rotatable bonds is 7. The van der Waals surface area contributed by atoms with Crippen molar-refractivity contribution in [2.75, 3.05) is 13.2 Å². The van der Waals surface area contributed by atoms with E-state index in [0.717, 1.165) is 5.56 Å². The fourth-order valence-corrected chi connectivity index (χ4v) is 2.09. The van der Waals surface area contributed by atoms with Gasteiger partial charge >= 0.3 is 0 Å². The molecule has 6 heteroatoms. The molecule has 1 amide bonds. The Morgan fingerprint density at radius 3 is 2.70 bits per heavy atom. The van der Waals surface area contributed by atoms with Crippen LogP contribution in [0.25, 0.3) is 22.8 Å². The average Bonchev–Trinajstić information content (AvgIpc) is 3.10. The zero-order chi connectivity index (χ0) is 15.9. The first-order chi connectivity index (χ1) is 11.4. The number of carbonyl (C=O) groups excluding carboxylic acids is 1. The molecule has 0 atom stereocenters. The average molecular weight is 309 g/mol. The van der Waals surface area contributed by atoms with Crippen molar-refractivity contribution >= 4 is 6.41 Å². The van der Waals surface area contributed by atoms with Gasteiger partial charge in [0.2, 0.25) is 12.2 Å². The number of nitrogens with one attached hydrogen (secondary N) is 1. The Labute approximate surface area is 133 Å². The highest BCUT2D eigenvalue weighted by molar-refractivity contribution is 5.65. The van der Waals surface area contributed by atoms with Crippen LogP contribution in [0.15, 0.2) is 59.1 Å². The molecule has 3 rings (SSSR count). The lowest BCUT2D eigenvalue weighted by Gasteiger charge is -2.08. The minimum atomic E-state index is 0.357. The highest BCUT2D eigenvalue weighted by Crippen LogP contribution is 2.29. The van der Waals surface area contributed by atoms with Crippen LogP contribution in [0.1, 0.15) is 0 Å². The van der Waals surface area contributed by atoms with E-state index in [-0.39, 0.29) is 0 Å². The van der Waals surface area contributed by atoms with Crippen molar-refractivity contribution < 1.29 is 14.1 Å². The number of benzene rings is 2. The van der Waals surface area contributed by atoms with E-state index in [1.165, 1.54) is 0 Å². The van der Waals surface area contributed by atoms with Gasteiger partial charge in [-0.15, -0.1) is 0 Å². The lowest BCUT2D eigenvalue weighted by Crippen LogP contribution is -2.19. The van der Waals surface area contributed by atoms with Gasteiger partial charge < -0.3 is 14.6 Å². The van der Waals surface area contributed by atoms with Gasteiger partial charge in [0.05, 0.1) is 12.1 Å². The highest BCUT2D eigenvalue weighted by atomic mass is 16.5. The molecule has 1 aromatic heterocycles. The largest absolute Gasteiger partial charge is 0.491 e. The normalized spacial score (nSPS) is 10.3. The number of para-hydroxylation sites is 1. The summed E-state index contributed by atoms with van der Waals surface area (Å²) in [7, 11) is 0. The van der Waals surface area contributed by atoms with E-state index in [2.05, 4.69) is 15.5 Å². The molecule has 0 aliphatic carbocycles. The van der Waals surface area contributed by atoms with Crippen molar-refractivity contribution in [1.29, 1.82) is 0 Å². The van der Waals surface area contributed by atoms with Gasteiger partial charge in [-0.3, -0.25) is 4.79 Å². The SMILES string of the molecule is O=CNCCOc1ccccc1-c1nc(-c2ccccc2)no1. The third kappa shape index (κ3) is 3.55. The summed E-state index contributed by atoms with van der Waals surface area (Å²) in [5, 5.41) is 6.56. The monoisotopic (exact) mass is 309 g/mol. The minimum absolute atomic E-state index is 0.357. The lowest BCUT2D eigenvalue weighted by atomic mass is 10.2. The van der Waals surface area contributed by atoms with Gasteiger partial charge in [0.1, 0.15) is 12.4 Å². The first-order valence-corrected chi connectivity index (χ1v) is 7.17. The topological polar surface area (TPSA) is 77.2 Å². The van der Waals surface area contributed by atoms with Gasteiger partial charge in [-0.2, -0.15) is 4.98 Å². The summed E-state index contributed by atoms with van der Waals surface area (Å²) < 4.78 is 11.0. The first-order valence-electron chi connectivity index (χ1n) is 7.17. The molecule has 116 valence electrons. The molecule has 0 spiro atoms. The van der Waals surface area contributed by atoms with Crippen molar-refractivity contribution in [3.05, 3.63) is 54.6 Å². The smallest absolute Gasteiger partial charge is 0.262 e. The van der Waals surface area contributed by atoms with Gasteiger partial charge in [0.15, 0.2) is 0 Å². The van der Waals surface area contributed by atoms with E-state index >= 15 is 0 Å². The fraction of sp³-hybridized carbons (Fsp3) is 0.118. The van der Waals surface area contributed by atoms with E-state index in [9.17, 15) is 4.79 Å². The number of hydrogen-bond acceptors (Lipinski definition) is 5. The molecule has 0 saturated carbocycles. The van der Waals surface area contributed by atoms with E-state index in [1.807, 2.05) is 54.6 Å². The summed E-state index contributed by atoms with van der Waals surface area (Å²) >= 11 is 0. The third-order valence-electron chi connectivity index (χ3n) is 3.16. The Hall–Kier alpha value is -3.15. The highest BCUT2D eigenvalue weighted by Gasteiger charge is 2.14. The molecule has 1 N–H and O–H groups in total. The summed E-state index contributed by atoms with van der Waals surface area (Å²) in [6.07, 6.45) is 0.638. The molecule has 0 radical (unpaired) electrons. The summed E-state index contributed by atoms with van der Waals surface area (Å²) in [5.41, 5.74) is 1.60. The summed E-state index contributed by atoms with van der Waals surface area (Å²) in [4.78, 5) is 14.7. The van der Waals surface area contributed by atoms with Crippen LogP contribution in [-0.4, -0.2) is 29.7 Å². The molecule has 3 aromatic rings. The molecule has 0 fully saturated rings. The van der Waals surface area contributed by atoms with Crippen LogP contribution >= 0.6 is 0 Å². The van der Waals surface area contributed by atoms with Gasteiger partial charge in [-0.25, -0.2) is 0 Å². The van der Waals surface area contributed by atoms with Crippen LogP contribution < -0.4 is 10.1 Å². The molecule has 1 heterocycles. The fourth-order valence-electron chi connectivity index (χ4n) is 2.09. The lowest BCUT2D eigenvalue weighted by molar-refractivity contribution is -0.109. The third-order valence-corrected chi connectivity index (χ3v) is 3.16. The van der Waals surface area contributed by atoms with Crippen molar-refractivity contribution in [3.63, 3.8) is 0 Å². The van der Waals surface area contributed by atoms with Gasteiger partial charge in [0.25, 0.3) is 5.89 Å². The second kappa shape index (κ2) is 7.22. The number of nitrogens with zero attached hydrogens (tertiary/aromatic N) is 2. The molecule has 6 nitrogen and oxygen atoms in total. The molecule has 0 aliphatic rings. The maximum Gasteiger partial charge on any atom is 0.262 e. The van der Waals surface area contributed by atoms with Crippen LogP contribution in [0.2, 0.25) is 0 Å². The van der Waals surface area contributed by atoms with Crippen LogP contribution in [0.4, 0.5) is 0 Å². The van der Waals surface area contributed by atoms with Crippen molar-refractivity contribution in [2.45, 2.75) is 0 Å². The second-order valence-corrected chi connectivity index (χ2v) is 4.71. The van der Waals surface area contributed by atoms with Crippen LogP contribution in [0.3, 0.4) is 0 Å². The van der Waals surface area contributed by atoms with Gasteiger partial charge in [0, 0.05) is 5.56 Å². The molecule has 0 bridgehead atoms. The number of aromatic nitrogens is 2. The van der Waals surface area contributed by atoms with Gasteiger partial charge in [-0.05, 0) is 12.1 Å². The molecule has 0 unspecified atom stereocenters. The standard InChI is InChI=1S/C17H15N3O3/c21-12-18-10-11-22-15-9-5-4-8-14(15)17-19-16(20-23-17)13-6-2-1-3-7-13/h1-9,12H,10-11H2,(H,18,21). The Kier molecular flexibility index (Phi) is 4.63. The Morgan fingerprint density at radius 2 is 1.87 bits per heavy atom. The number of amides is 1. The summed E-state index contributed by atoms with van der Waals surface area (Å²) in [5.74, 6) is 1.55. The van der Waals surface area contributed by atoms with Crippen molar-refractivity contribution in [3.8, 4) is 28.6 Å². The maximum atomic E-state index is 10.2. The van der Waals surface area contributed by atoms with Crippen LogP contribution in [0, 0.1) is 0 Å². The molecule has 0 aliphatic heterocycles. The number of carbonyl (C=O) groups is 1. The summed E-state index contributed by atoms with van der Waals surface area (Å²) in [6, 6.07) is 17.0. The van der Waals surface area contributed by atoms with Gasteiger partial charge in [-0.1, -0.05) is 47.6 Å². The molecule has 2 aromatic carbocycles.